The number of methoxy groups -OCH3 is 1. The summed E-state index contributed by atoms with van der Waals surface area (Å²) in [7, 11) is 1.64. The number of amides is 1. The van der Waals surface area contributed by atoms with Crippen molar-refractivity contribution in [2.75, 3.05) is 18.2 Å². The Morgan fingerprint density at radius 2 is 2.05 bits per heavy atom. The van der Waals surface area contributed by atoms with E-state index in [0.717, 1.165) is 21.9 Å². The number of hydrogen-bond donors (Lipinski definition) is 1. The van der Waals surface area contributed by atoms with Crippen molar-refractivity contribution in [2.45, 2.75) is 11.3 Å². The molecule has 0 aliphatic heterocycles. The Labute approximate surface area is 135 Å². The van der Waals surface area contributed by atoms with Crippen LogP contribution in [0, 0.1) is 12.3 Å². The zero-order valence-electron chi connectivity index (χ0n) is 12.3. The number of carbonyl (C=O) groups excluding carboxylic acids is 1. The minimum Gasteiger partial charge on any atom is -0.497 e. The van der Waals surface area contributed by atoms with Gasteiger partial charge < -0.3 is 10.1 Å². The van der Waals surface area contributed by atoms with E-state index in [1.807, 2.05) is 42.5 Å². The van der Waals surface area contributed by atoms with Crippen molar-refractivity contribution in [1.82, 2.24) is 0 Å². The Hall–Kier alpha value is -2.38. The van der Waals surface area contributed by atoms with E-state index in [0.29, 0.717) is 12.2 Å². The molecule has 0 atom stereocenters. The first-order valence-corrected chi connectivity index (χ1v) is 7.83. The van der Waals surface area contributed by atoms with Crippen LogP contribution in [0.25, 0.3) is 0 Å². The first kappa shape index (κ1) is 16.0. The first-order valence-electron chi connectivity index (χ1n) is 6.84. The zero-order valence-corrected chi connectivity index (χ0v) is 13.2. The SMILES string of the molecule is C#Cc1cccc(NC(=O)CCSc2ccc(OC)cc2)c1. The second-order valence-electron chi connectivity index (χ2n) is 4.55. The molecular weight excluding hydrogens is 294 g/mol. The molecule has 0 heterocycles. The van der Waals surface area contributed by atoms with Gasteiger partial charge in [-0.2, -0.15) is 0 Å². The van der Waals surface area contributed by atoms with Crippen LogP contribution in [0.15, 0.2) is 53.4 Å². The molecule has 0 radical (unpaired) electrons. The molecule has 0 saturated heterocycles. The van der Waals surface area contributed by atoms with Crippen molar-refractivity contribution in [2.24, 2.45) is 0 Å². The minimum atomic E-state index is -0.0183. The zero-order chi connectivity index (χ0) is 15.8. The lowest BCUT2D eigenvalue weighted by Crippen LogP contribution is -2.12. The van der Waals surface area contributed by atoms with Gasteiger partial charge in [0.25, 0.3) is 0 Å². The summed E-state index contributed by atoms with van der Waals surface area (Å²) in [6.45, 7) is 0. The fourth-order valence-electron chi connectivity index (χ4n) is 1.84. The highest BCUT2D eigenvalue weighted by Crippen LogP contribution is 2.22. The molecule has 3 nitrogen and oxygen atoms in total. The summed E-state index contributed by atoms with van der Waals surface area (Å²) in [4.78, 5) is 13.0. The molecule has 0 saturated carbocycles. The van der Waals surface area contributed by atoms with Crippen LogP contribution in [-0.2, 0) is 4.79 Å². The number of anilines is 1. The van der Waals surface area contributed by atoms with Crippen molar-refractivity contribution in [1.29, 1.82) is 0 Å². The molecule has 0 spiro atoms. The molecule has 22 heavy (non-hydrogen) atoms. The van der Waals surface area contributed by atoms with Gasteiger partial charge in [-0.25, -0.2) is 0 Å². The summed E-state index contributed by atoms with van der Waals surface area (Å²) in [5.74, 6) is 4.08. The summed E-state index contributed by atoms with van der Waals surface area (Å²) in [5, 5.41) is 2.85. The highest BCUT2D eigenvalue weighted by atomic mass is 32.2. The average molecular weight is 311 g/mol. The van der Waals surface area contributed by atoms with E-state index in [9.17, 15) is 4.79 Å². The van der Waals surface area contributed by atoms with E-state index < -0.39 is 0 Å². The lowest BCUT2D eigenvalue weighted by molar-refractivity contribution is -0.115. The summed E-state index contributed by atoms with van der Waals surface area (Å²) in [5.41, 5.74) is 1.49. The minimum absolute atomic E-state index is 0.0183. The van der Waals surface area contributed by atoms with Gasteiger partial charge >= 0.3 is 0 Å². The molecule has 0 unspecified atom stereocenters. The van der Waals surface area contributed by atoms with Gasteiger partial charge in [0.05, 0.1) is 7.11 Å². The summed E-state index contributed by atoms with van der Waals surface area (Å²) in [6, 6.07) is 15.1. The fourth-order valence-corrected chi connectivity index (χ4v) is 2.70. The van der Waals surface area contributed by atoms with E-state index in [2.05, 4.69) is 11.2 Å². The Bertz CT molecular complexity index is 674. The molecule has 0 aliphatic carbocycles. The number of ether oxygens (including phenoxy) is 1. The molecule has 0 aliphatic rings. The molecule has 1 N–H and O–H groups in total. The average Bonchev–Trinajstić information content (AvgIpc) is 2.55. The van der Waals surface area contributed by atoms with Crippen molar-refractivity contribution in [3.8, 4) is 18.1 Å². The lowest BCUT2D eigenvalue weighted by atomic mass is 10.2. The highest BCUT2D eigenvalue weighted by molar-refractivity contribution is 7.99. The predicted molar refractivity (Wildman–Crippen MR) is 91.3 cm³/mol. The van der Waals surface area contributed by atoms with E-state index in [1.54, 1.807) is 24.9 Å². The number of hydrogen-bond acceptors (Lipinski definition) is 3. The number of nitrogens with one attached hydrogen (secondary N) is 1. The Kier molecular flexibility index (Phi) is 5.93. The molecular formula is C18H17NO2S. The summed E-state index contributed by atoms with van der Waals surface area (Å²) < 4.78 is 5.11. The van der Waals surface area contributed by atoms with E-state index in [4.69, 9.17) is 11.2 Å². The van der Waals surface area contributed by atoms with Gasteiger partial charge in [0, 0.05) is 28.3 Å². The van der Waals surface area contributed by atoms with Crippen LogP contribution < -0.4 is 10.1 Å². The van der Waals surface area contributed by atoms with Gasteiger partial charge in [0.2, 0.25) is 5.91 Å². The molecule has 0 bridgehead atoms. The largest absolute Gasteiger partial charge is 0.497 e. The number of rotatable bonds is 6. The Morgan fingerprint density at radius 1 is 1.27 bits per heavy atom. The molecule has 0 fully saturated rings. The van der Waals surface area contributed by atoms with E-state index >= 15 is 0 Å². The maximum Gasteiger partial charge on any atom is 0.225 e. The molecule has 2 aromatic rings. The maximum absolute atomic E-state index is 11.9. The van der Waals surface area contributed by atoms with Gasteiger partial charge in [-0.1, -0.05) is 12.0 Å². The van der Waals surface area contributed by atoms with Gasteiger partial charge in [-0.15, -0.1) is 18.2 Å². The normalized spacial score (nSPS) is 9.82. The number of carbonyl (C=O) groups is 1. The molecule has 2 aromatic carbocycles. The van der Waals surface area contributed by atoms with Crippen molar-refractivity contribution >= 4 is 23.4 Å². The molecule has 2 rings (SSSR count). The van der Waals surface area contributed by atoms with Crippen LogP contribution in [0.1, 0.15) is 12.0 Å². The van der Waals surface area contributed by atoms with Crippen LogP contribution >= 0.6 is 11.8 Å². The molecule has 0 aromatic heterocycles. The van der Waals surface area contributed by atoms with E-state index in [1.165, 1.54) is 0 Å². The maximum atomic E-state index is 11.9. The van der Waals surface area contributed by atoms with Crippen molar-refractivity contribution in [3.05, 3.63) is 54.1 Å². The predicted octanol–water partition coefficient (Wildman–Crippen LogP) is 3.80. The standard InChI is InChI=1S/C18H17NO2S/c1-3-14-5-4-6-15(13-14)19-18(20)11-12-22-17-9-7-16(21-2)8-10-17/h1,4-10,13H,11-12H2,2H3,(H,19,20). The van der Waals surface area contributed by atoms with Gasteiger partial charge in [-0.05, 0) is 42.5 Å². The van der Waals surface area contributed by atoms with Crippen LogP contribution in [0.4, 0.5) is 5.69 Å². The number of terminal acetylenes is 1. The topological polar surface area (TPSA) is 38.3 Å². The first-order chi connectivity index (χ1) is 10.7. The van der Waals surface area contributed by atoms with Gasteiger partial charge in [0.15, 0.2) is 0 Å². The smallest absolute Gasteiger partial charge is 0.225 e. The Balaban J connectivity index is 1.78. The molecule has 4 heteroatoms. The second-order valence-corrected chi connectivity index (χ2v) is 5.72. The number of thioether (sulfide) groups is 1. The van der Waals surface area contributed by atoms with E-state index in [-0.39, 0.29) is 5.91 Å². The highest BCUT2D eigenvalue weighted by Gasteiger charge is 2.04. The summed E-state index contributed by atoms with van der Waals surface area (Å²) >= 11 is 1.64. The van der Waals surface area contributed by atoms with Crippen LogP contribution in [0.5, 0.6) is 5.75 Å². The second kappa shape index (κ2) is 8.16. The molecule has 1 amide bonds. The third-order valence-electron chi connectivity index (χ3n) is 2.97. The van der Waals surface area contributed by atoms with Crippen LogP contribution in [0.3, 0.4) is 0 Å². The Morgan fingerprint density at radius 3 is 2.73 bits per heavy atom. The van der Waals surface area contributed by atoms with Gasteiger partial charge in [0.1, 0.15) is 5.75 Å². The third kappa shape index (κ3) is 4.87. The lowest BCUT2D eigenvalue weighted by Gasteiger charge is -2.06. The van der Waals surface area contributed by atoms with Crippen molar-refractivity contribution < 1.29 is 9.53 Å². The van der Waals surface area contributed by atoms with Crippen molar-refractivity contribution in [3.63, 3.8) is 0 Å². The monoisotopic (exact) mass is 311 g/mol. The van der Waals surface area contributed by atoms with Crippen LogP contribution in [-0.4, -0.2) is 18.8 Å². The third-order valence-corrected chi connectivity index (χ3v) is 3.98. The molecule has 112 valence electrons. The fraction of sp³-hybridized carbons (Fsp3) is 0.167. The van der Waals surface area contributed by atoms with Gasteiger partial charge in [-0.3, -0.25) is 4.79 Å². The van der Waals surface area contributed by atoms with Crippen LogP contribution in [0.2, 0.25) is 0 Å². The quantitative estimate of drug-likeness (QED) is 0.651. The summed E-state index contributed by atoms with van der Waals surface area (Å²) in [6.07, 6.45) is 5.78. The number of benzene rings is 2.